The van der Waals surface area contributed by atoms with Gasteiger partial charge in [-0.1, -0.05) is 59.3 Å². The molecule has 5 fully saturated rings. The highest BCUT2D eigenvalue weighted by atomic mass is 35.5. The summed E-state index contributed by atoms with van der Waals surface area (Å²) in [6.07, 6.45) is 21.7. The highest BCUT2D eigenvalue weighted by Crippen LogP contribution is 2.74. The van der Waals surface area contributed by atoms with E-state index in [1.807, 2.05) is 0 Å². The van der Waals surface area contributed by atoms with Gasteiger partial charge in [-0.05, 0) is 86.9 Å². The second-order valence-electron chi connectivity index (χ2n) is 12.2. The second-order valence-corrected chi connectivity index (χ2v) is 12.9. The Labute approximate surface area is 185 Å². The molecule has 4 aliphatic carbocycles. The highest BCUT2D eigenvalue weighted by molar-refractivity contribution is 6.20. The van der Waals surface area contributed by atoms with E-state index in [1.54, 1.807) is 0 Å². The van der Waals surface area contributed by atoms with Crippen molar-refractivity contribution >= 4 is 11.6 Å². The second kappa shape index (κ2) is 7.68. The Morgan fingerprint density at radius 1 is 0.897 bits per heavy atom. The van der Waals surface area contributed by atoms with Crippen LogP contribution >= 0.6 is 11.6 Å². The molecule has 0 aromatic heterocycles. The standard InChI is InChI=1S/C27H45ClO/c1-4-5-6-7-8-9-10-19-11-12-22-21-17-24-27(29-24)18-20(28)13-16-26(27,3)23(21)14-15-25(19,22)2/h19-24H,4-18H2,1-3H3/t19-,20-,21-,22-,23-,24-,25+,26+,27-/m0/s1. The molecule has 166 valence electrons. The van der Waals surface area contributed by atoms with Gasteiger partial charge in [0.25, 0.3) is 0 Å². The molecule has 29 heavy (non-hydrogen) atoms. The molecule has 0 N–H and O–H groups in total. The summed E-state index contributed by atoms with van der Waals surface area (Å²) in [7, 11) is 0. The number of hydrogen-bond donors (Lipinski definition) is 0. The lowest BCUT2D eigenvalue weighted by atomic mass is 9.44. The van der Waals surface area contributed by atoms with Crippen molar-refractivity contribution in [1.29, 1.82) is 0 Å². The maximum Gasteiger partial charge on any atom is 0.102 e. The lowest BCUT2D eigenvalue weighted by Gasteiger charge is -2.59. The molecule has 0 bridgehead atoms. The van der Waals surface area contributed by atoms with Crippen LogP contribution < -0.4 is 0 Å². The number of unbranched alkanes of at least 4 members (excludes halogenated alkanes) is 5. The first-order chi connectivity index (χ1) is 13.9. The predicted octanol–water partition coefficient (Wildman–Crippen LogP) is 8.13. The quantitative estimate of drug-likeness (QED) is 0.230. The van der Waals surface area contributed by atoms with Crippen molar-refractivity contribution in [3.63, 3.8) is 0 Å². The van der Waals surface area contributed by atoms with Crippen molar-refractivity contribution in [3.8, 4) is 0 Å². The van der Waals surface area contributed by atoms with Crippen molar-refractivity contribution in [2.24, 2.45) is 34.5 Å². The average molecular weight is 421 g/mol. The topological polar surface area (TPSA) is 12.5 Å². The van der Waals surface area contributed by atoms with Gasteiger partial charge in [0.1, 0.15) is 5.60 Å². The van der Waals surface area contributed by atoms with Gasteiger partial charge in [-0.25, -0.2) is 0 Å². The van der Waals surface area contributed by atoms with Crippen molar-refractivity contribution in [1.82, 2.24) is 0 Å². The van der Waals surface area contributed by atoms with Gasteiger partial charge < -0.3 is 4.74 Å². The maximum absolute atomic E-state index is 6.63. The Morgan fingerprint density at radius 2 is 1.69 bits per heavy atom. The maximum atomic E-state index is 6.63. The first-order valence-corrected chi connectivity index (χ1v) is 13.7. The van der Waals surface area contributed by atoms with E-state index in [4.69, 9.17) is 16.3 Å². The number of halogens is 1. The number of epoxide rings is 1. The fourth-order valence-electron chi connectivity index (χ4n) is 9.38. The van der Waals surface area contributed by atoms with Gasteiger partial charge in [0.2, 0.25) is 0 Å². The number of hydrogen-bond acceptors (Lipinski definition) is 1. The van der Waals surface area contributed by atoms with Gasteiger partial charge in [-0.2, -0.15) is 0 Å². The fraction of sp³-hybridized carbons (Fsp3) is 1.00. The van der Waals surface area contributed by atoms with E-state index in [0.717, 1.165) is 30.1 Å². The normalized spacial score (nSPS) is 53.0. The predicted molar refractivity (Wildman–Crippen MR) is 122 cm³/mol. The van der Waals surface area contributed by atoms with Gasteiger partial charge in [0.05, 0.1) is 6.10 Å². The number of alkyl halides is 1. The molecule has 1 heterocycles. The zero-order chi connectivity index (χ0) is 20.3. The minimum absolute atomic E-state index is 0.170. The molecule has 1 aliphatic heterocycles. The van der Waals surface area contributed by atoms with Crippen LogP contribution in [0.2, 0.25) is 0 Å². The Balaban J connectivity index is 1.25. The average Bonchev–Trinajstić information content (AvgIpc) is 3.28. The number of fused-ring (bicyclic) bond motifs is 4. The van der Waals surface area contributed by atoms with E-state index in [9.17, 15) is 0 Å². The minimum atomic E-state index is 0.170. The van der Waals surface area contributed by atoms with Crippen LogP contribution in [0, 0.1) is 34.5 Å². The summed E-state index contributed by atoms with van der Waals surface area (Å²) in [6, 6.07) is 0. The summed E-state index contributed by atoms with van der Waals surface area (Å²) >= 11 is 6.63. The van der Waals surface area contributed by atoms with Gasteiger partial charge in [0, 0.05) is 10.8 Å². The van der Waals surface area contributed by atoms with E-state index >= 15 is 0 Å². The molecular formula is C27H45ClO. The van der Waals surface area contributed by atoms with Crippen LogP contribution in [0.5, 0.6) is 0 Å². The van der Waals surface area contributed by atoms with E-state index in [1.165, 1.54) is 89.9 Å². The van der Waals surface area contributed by atoms with Gasteiger partial charge in [0.15, 0.2) is 0 Å². The summed E-state index contributed by atoms with van der Waals surface area (Å²) in [5.41, 5.74) is 1.20. The van der Waals surface area contributed by atoms with Crippen LogP contribution in [-0.2, 0) is 4.74 Å². The summed E-state index contributed by atoms with van der Waals surface area (Å²) in [5.74, 6) is 3.80. The Bertz CT molecular complexity index is 605. The molecule has 1 saturated heterocycles. The van der Waals surface area contributed by atoms with Crippen LogP contribution in [0.15, 0.2) is 0 Å². The largest absolute Gasteiger partial charge is 0.365 e. The third kappa shape index (κ3) is 3.18. The first-order valence-electron chi connectivity index (χ1n) is 13.3. The molecule has 0 amide bonds. The lowest BCUT2D eigenvalue weighted by molar-refractivity contribution is -0.0960. The minimum Gasteiger partial charge on any atom is -0.365 e. The highest BCUT2D eigenvalue weighted by Gasteiger charge is 2.75. The zero-order valence-electron chi connectivity index (χ0n) is 19.4. The number of rotatable bonds is 7. The molecule has 1 spiro atoms. The van der Waals surface area contributed by atoms with Gasteiger partial charge >= 0.3 is 0 Å². The zero-order valence-corrected chi connectivity index (χ0v) is 20.1. The molecule has 1 nitrogen and oxygen atoms in total. The monoisotopic (exact) mass is 420 g/mol. The van der Waals surface area contributed by atoms with E-state index in [0.29, 0.717) is 22.3 Å². The molecule has 9 atom stereocenters. The van der Waals surface area contributed by atoms with Crippen molar-refractivity contribution in [3.05, 3.63) is 0 Å². The van der Waals surface area contributed by atoms with Crippen LogP contribution in [0.1, 0.15) is 117 Å². The van der Waals surface area contributed by atoms with Crippen molar-refractivity contribution < 1.29 is 4.74 Å². The molecule has 0 aromatic rings. The van der Waals surface area contributed by atoms with Crippen molar-refractivity contribution in [2.75, 3.05) is 0 Å². The van der Waals surface area contributed by atoms with Crippen LogP contribution in [0.4, 0.5) is 0 Å². The SMILES string of the molecule is CCCCCCCC[C@H]1CC[C@H]2[C@@H]3C[C@@H]4O[C@@]45C[C@@H](Cl)CC[C@]5(C)[C@H]3CC[C@]12C. The van der Waals surface area contributed by atoms with Crippen LogP contribution in [-0.4, -0.2) is 17.1 Å². The molecule has 5 aliphatic rings. The first kappa shape index (κ1) is 21.1. The Kier molecular flexibility index (Phi) is 5.59. The molecule has 4 saturated carbocycles. The van der Waals surface area contributed by atoms with Crippen LogP contribution in [0.25, 0.3) is 0 Å². The van der Waals surface area contributed by atoms with E-state index in [-0.39, 0.29) is 5.60 Å². The summed E-state index contributed by atoms with van der Waals surface area (Å²) in [4.78, 5) is 0. The molecule has 2 heteroatoms. The smallest absolute Gasteiger partial charge is 0.102 e. The van der Waals surface area contributed by atoms with E-state index in [2.05, 4.69) is 20.8 Å². The molecule has 0 radical (unpaired) electrons. The fourth-order valence-corrected chi connectivity index (χ4v) is 9.72. The summed E-state index contributed by atoms with van der Waals surface area (Å²) in [6.45, 7) is 7.63. The third-order valence-electron chi connectivity index (χ3n) is 11.1. The summed E-state index contributed by atoms with van der Waals surface area (Å²) in [5, 5.41) is 0.353. The van der Waals surface area contributed by atoms with Crippen molar-refractivity contribution in [2.45, 2.75) is 134 Å². The lowest BCUT2D eigenvalue weighted by Crippen LogP contribution is -2.58. The third-order valence-corrected chi connectivity index (χ3v) is 11.5. The van der Waals surface area contributed by atoms with E-state index < -0.39 is 0 Å². The summed E-state index contributed by atoms with van der Waals surface area (Å²) < 4.78 is 6.57. The van der Waals surface area contributed by atoms with Gasteiger partial charge in [-0.15, -0.1) is 11.6 Å². The molecule has 0 unspecified atom stereocenters. The van der Waals surface area contributed by atoms with Crippen LogP contribution in [0.3, 0.4) is 0 Å². The van der Waals surface area contributed by atoms with Gasteiger partial charge in [-0.3, -0.25) is 0 Å². The molecule has 5 rings (SSSR count). The Hall–Kier alpha value is 0.250. The molecule has 0 aromatic carbocycles. The Morgan fingerprint density at radius 3 is 2.52 bits per heavy atom. The molecular weight excluding hydrogens is 376 g/mol. The number of ether oxygens (including phenoxy) is 1.